The molecule has 0 saturated heterocycles. The van der Waals surface area contributed by atoms with E-state index in [1.807, 2.05) is 0 Å². The van der Waals surface area contributed by atoms with Crippen molar-refractivity contribution < 1.29 is 9.84 Å². The highest BCUT2D eigenvalue weighted by Crippen LogP contribution is 2.36. The molecule has 0 heterocycles. The van der Waals surface area contributed by atoms with Crippen LogP contribution in [-0.2, 0) is 0 Å². The SMILES string of the molecule is Cc1ccc(C)c(OC2(CO)CCCCC2)c1C. The van der Waals surface area contributed by atoms with E-state index < -0.39 is 0 Å². The molecule has 0 atom stereocenters. The molecule has 2 nitrogen and oxygen atoms in total. The quantitative estimate of drug-likeness (QED) is 0.884. The standard InChI is InChI=1S/C16H24O2/c1-12-7-8-13(2)15(14(12)3)18-16(11-17)9-5-4-6-10-16/h7-8,17H,4-6,9-11H2,1-3H3. The Morgan fingerprint density at radius 1 is 1.06 bits per heavy atom. The van der Waals surface area contributed by atoms with Gasteiger partial charge in [0.1, 0.15) is 11.4 Å². The third-order valence-electron chi connectivity index (χ3n) is 4.25. The number of benzene rings is 1. The smallest absolute Gasteiger partial charge is 0.132 e. The molecule has 1 fully saturated rings. The van der Waals surface area contributed by atoms with E-state index in [1.165, 1.54) is 17.5 Å². The molecule has 0 spiro atoms. The van der Waals surface area contributed by atoms with Crippen LogP contribution in [-0.4, -0.2) is 17.3 Å². The number of aliphatic hydroxyl groups is 1. The Hall–Kier alpha value is -1.02. The molecule has 1 saturated carbocycles. The lowest BCUT2D eigenvalue weighted by atomic mass is 9.85. The lowest BCUT2D eigenvalue weighted by Crippen LogP contribution is -2.42. The van der Waals surface area contributed by atoms with E-state index in [-0.39, 0.29) is 12.2 Å². The number of aliphatic hydroxyl groups excluding tert-OH is 1. The minimum absolute atomic E-state index is 0.125. The Labute approximate surface area is 110 Å². The van der Waals surface area contributed by atoms with Gasteiger partial charge in [-0.1, -0.05) is 18.6 Å². The van der Waals surface area contributed by atoms with Crippen LogP contribution in [0.3, 0.4) is 0 Å². The number of aryl methyl sites for hydroxylation is 2. The van der Waals surface area contributed by atoms with Crippen LogP contribution < -0.4 is 4.74 Å². The maximum Gasteiger partial charge on any atom is 0.132 e. The molecule has 0 unspecified atom stereocenters. The summed E-state index contributed by atoms with van der Waals surface area (Å²) in [6.07, 6.45) is 5.51. The van der Waals surface area contributed by atoms with Crippen molar-refractivity contribution in [2.75, 3.05) is 6.61 Å². The largest absolute Gasteiger partial charge is 0.484 e. The van der Waals surface area contributed by atoms with E-state index in [4.69, 9.17) is 4.74 Å². The first kappa shape index (κ1) is 13.4. The zero-order chi connectivity index (χ0) is 13.2. The monoisotopic (exact) mass is 248 g/mol. The third-order valence-corrected chi connectivity index (χ3v) is 4.25. The molecule has 1 aromatic rings. The molecule has 2 heteroatoms. The molecule has 1 N–H and O–H groups in total. The normalized spacial score (nSPS) is 18.7. The molecule has 18 heavy (non-hydrogen) atoms. The summed E-state index contributed by atoms with van der Waals surface area (Å²) in [4.78, 5) is 0. The molecular weight excluding hydrogens is 224 g/mol. The van der Waals surface area contributed by atoms with Crippen LogP contribution in [0.15, 0.2) is 12.1 Å². The van der Waals surface area contributed by atoms with E-state index >= 15 is 0 Å². The maximum atomic E-state index is 9.73. The predicted molar refractivity (Wildman–Crippen MR) is 74.2 cm³/mol. The number of rotatable bonds is 3. The van der Waals surface area contributed by atoms with E-state index in [0.717, 1.165) is 37.0 Å². The van der Waals surface area contributed by atoms with Crippen molar-refractivity contribution in [2.24, 2.45) is 0 Å². The molecular formula is C16H24O2. The molecule has 0 bridgehead atoms. The van der Waals surface area contributed by atoms with Gasteiger partial charge in [0.25, 0.3) is 0 Å². The Morgan fingerprint density at radius 2 is 1.67 bits per heavy atom. The lowest BCUT2D eigenvalue weighted by molar-refractivity contribution is -0.0207. The fourth-order valence-electron chi connectivity index (χ4n) is 2.79. The van der Waals surface area contributed by atoms with Gasteiger partial charge in [0, 0.05) is 0 Å². The second-order valence-corrected chi connectivity index (χ2v) is 5.66. The average molecular weight is 248 g/mol. The van der Waals surface area contributed by atoms with E-state index in [1.54, 1.807) is 0 Å². The van der Waals surface area contributed by atoms with E-state index in [0.29, 0.717) is 0 Å². The van der Waals surface area contributed by atoms with Gasteiger partial charge in [0.15, 0.2) is 0 Å². The summed E-state index contributed by atoms with van der Waals surface area (Å²) in [5.74, 6) is 0.978. The van der Waals surface area contributed by atoms with Crippen LogP contribution >= 0.6 is 0 Å². The fraction of sp³-hybridized carbons (Fsp3) is 0.625. The van der Waals surface area contributed by atoms with Crippen LogP contribution in [0.5, 0.6) is 5.75 Å². The molecule has 0 aromatic heterocycles. The van der Waals surface area contributed by atoms with Gasteiger partial charge in [-0.25, -0.2) is 0 Å². The molecule has 1 aliphatic rings. The second kappa shape index (κ2) is 5.31. The van der Waals surface area contributed by atoms with Gasteiger partial charge >= 0.3 is 0 Å². The van der Waals surface area contributed by atoms with Crippen LogP contribution in [0.2, 0.25) is 0 Å². The summed E-state index contributed by atoms with van der Waals surface area (Å²) >= 11 is 0. The molecule has 1 aliphatic carbocycles. The topological polar surface area (TPSA) is 29.5 Å². The maximum absolute atomic E-state index is 9.73. The highest BCUT2D eigenvalue weighted by atomic mass is 16.5. The predicted octanol–water partition coefficient (Wildman–Crippen LogP) is 3.69. The number of hydrogen-bond donors (Lipinski definition) is 1. The zero-order valence-electron chi connectivity index (χ0n) is 11.8. The third kappa shape index (κ3) is 2.54. The Kier molecular flexibility index (Phi) is 3.96. The second-order valence-electron chi connectivity index (χ2n) is 5.66. The van der Waals surface area contributed by atoms with Crippen molar-refractivity contribution in [2.45, 2.75) is 58.5 Å². The number of hydrogen-bond acceptors (Lipinski definition) is 2. The number of ether oxygens (including phenoxy) is 1. The van der Waals surface area contributed by atoms with Gasteiger partial charge in [-0.2, -0.15) is 0 Å². The summed E-state index contributed by atoms with van der Waals surface area (Å²) in [6.45, 7) is 6.41. The Balaban J connectivity index is 2.29. The van der Waals surface area contributed by atoms with Crippen LogP contribution in [0.25, 0.3) is 0 Å². The molecule has 0 amide bonds. The van der Waals surface area contributed by atoms with Crippen molar-refractivity contribution in [1.29, 1.82) is 0 Å². The summed E-state index contributed by atoms with van der Waals surface area (Å²) in [5.41, 5.74) is 3.27. The summed E-state index contributed by atoms with van der Waals surface area (Å²) in [6, 6.07) is 4.23. The minimum Gasteiger partial charge on any atom is -0.484 e. The van der Waals surface area contributed by atoms with Crippen molar-refractivity contribution in [3.63, 3.8) is 0 Å². The van der Waals surface area contributed by atoms with Crippen LogP contribution in [0.4, 0.5) is 0 Å². The first-order valence-electron chi connectivity index (χ1n) is 6.95. The molecule has 1 aromatic carbocycles. The van der Waals surface area contributed by atoms with E-state index in [2.05, 4.69) is 32.9 Å². The minimum atomic E-state index is -0.346. The first-order chi connectivity index (χ1) is 8.58. The fourth-order valence-corrected chi connectivity index (χ4v) is 2.79. The zero-order valence-corrected chi connectivity index (χ0v) is 11.8. The summed E-state index contributed by atoms with van der Waals surface area (Å²) in [5, 5.41) is 9.73. The highest BCUT2D eigenvalue weighted by Gasteiger charge is 2.34. The Morgan fingerprint density at radius 3 is 2.28 bits per heavy atom. The molecule has 0 radical (unpaired) electrons. The van der Waals surface area contributed by atoms with Crippen molar-refractivity contribution >= 4 is 0 Å². The molecule has 100 valence electrons. The van der Waals surface area contributed by atoms with Crippen molar-refractivity contribution in [3.05, 3.63) is 28.8 Å². The first-order valence-corrected chi connectivity index (χ1v) is 6.95. The van der Waals surface area contributed by atoms with Crippen LogP contribution in [0, 0.1) is 20.8 Å². The van der Waals surface area contributed by atoms with Gasteiger partial charge in [-0.05, 0) is 63.1 Å². The van der Waals surface area contributed by atoms with Crippen molar-refractivity contribution in [1.82, 2.24) is 0 Å². The van der Waals surface area contributed by atoms with Crippen molar-refractivity contribution in [3.8, 4) is 5.75 Å². The van der Waals surface area contributed by atoms with Gasteiger partial charge in [0.2, 0.25) is 0 Å². The van der Waals surface area contributed by atoms with E-state index in [9.17, 15) is 5.11 Å². The Bertz CT molecular complexity index is 417. The summed E-state index contributed by atoms with van der Waals surface area (Å²) in [7, 11) is 0. The molecule has 0 aliphatic heterocycles. The van der Waals surface area contributed by atoms with Gasteiger partial charge < -0.3 is 9.84 Å². The highest BCUT2D eigenvalue weighted by molar-refractivity contribution is 5.45. The molecule has 2 rings (SSSR count). The van der Waals surface area contributed by atoms with Gasteiger partial charge in [-0.3, -0.25) is 0 Å². The average Bonchev–Trinajstić information content (AvgIpc) is 2.40. The summed E-state index contributed by atoms with van der Waals surface area (Å²) < 4.78 is 6.28. The lowest BCUT2D eigenvalue weighted by Gasteiger charge is -2.37. The van der Waals surface area contributed by atoms with Crippen LogP contribution in [0.1, 0.15) is 48.8 Å². The van der Waals surface area contributed by atoms with Gasteiger partial charge in [0.05, 0.1) is 6.61 Å². The van der Waals surface area contributed by atoms with Gasteiger partial charge in [-0.15, -0.1) is 0 Å².